The number of ether oxygens (including phenoxy) is 1. The number of rotatable bonds is 6. The molecule has 0 saturated carbocycles. The maximum absolute atomic E-state index is 5.97. The third-order valence-corrected chi connectivity index (χ3v) is 3.73. The van der Waals surface area contributed by atoms with Crippen molar-refractivity contribution in [1.29, 1.82) is 0 Å². The zero-order chi connectivity index (χ0) is 12.6. The lowest BCUT2D eigenvalue weighted by atomic mass is 9.95. The average Bonchev–Trinajstić information content (AvgIpc) is 2.42. The van der Waals surface area contributed by atoms with Crippen molar-refractivity contribution in [3.05, 3.63) is 29.8 Å². The van der Waals surface area contributed by atoms with E-state index in [0.717, 1.165) is 24.7 Å². The molecule has 2 rings (SSSR count). The molecule has 19 heavy (non-hydrogen) atoms. The first-order valence-corrected chi connectivity index (χ1v) is 7.31. The van der Waals surface area contributed by atoms with Crippen LogP contribution < -0.4 is 10.1 Å². The molecule has 1 aromatic rings. The summed E-state index contributed by atoms with van der Waals surface area (Å²) >= 11 is 0. The maximum atomic E-state index is 5.97. The lowest BCUT2D eigenvalue weighted by Crippen LogP contribution is -2.28. The van der Waals surface area contributed by atoms with Crippen LogP contribution in [0.15, 0.2) is 24.3 Å². The zero-order valence-electron chi connectivity index (χ0n) is 11.9. The van der Waals surface area contributed by atoms with Crippen molar-refractivity contribution in [3.8, 4) is 5.75 Å². The zero-order valence-corrected chi connectivity index (χ0v) is 12.7. The molecule has 1 N–H and O–H groups in total. The minimum atomic E-state index is 0. The maximum Gasteiger partial charge on any atom is 0.122 e. The summed E-state index contributed by atoms with van der Waals surface area (Å²) in [6.07, 6.45) is 6.10. The molecule has 0 radical (unpaired) electrons. The van der Waals surface area contributed by atoms with E-state index in [1.165, 1.54) is 44.3 Å². The third kappa shape index (κ3) is 5.42. The van der Waals surface area contributed by atoms with E-state index in [9.17, 15) is 0 Å². The van der Waals surface area contributed by atoms with E-state index in [0.29, 0.717) is 0 Å². The highest BCUT2D eigenvalue weighted by Crippen LogP contribution is 2.21. The van der Waals surface area contributed by atoms with E-state index >= 15 is 0 Å². The van der Waals surface area contributed by atoms with Crippen molar-refractivity contribution < 1.29 is 4.74 Å². The Bertz CT molecular complexity index is 350. The van der Waals surface area contributed by atoms with Crippen LogP contribution in [0.2, 0.25) is 0 Å². The molecule has 0 atom stereocenters. The molecule has 1 aromatic carbocycles. The normalized spacial score (nSPS) is 15.8. The van der Waals surface area contributed by atoms with Gasteiger partial charge in [-0.2, -0.15) is 0 Å². The highest BCUT2D eigenvalue weighted by molar-refractivity contribution is 5.85. The first kappa shape index (κ1) is 16.3. The molecule has 0 aromatic heterocycles. The molecule has 1 heterocycles. The number of aryl methyl sites for hydroxylation is 1. The standard InChI is InChI=1S/C16H25NO.ClH/c1-2-5-15-6-3-4-7-16(15)18-13-10-14-8-11-17-12-9-14;/h3-4,6-7,14,17H,2,5,8-13H2,1H3;1H. The second-order valence-electron chi connectivity index (χ2n) is 5.19. The topological polar surface area (TPSA) is 21.3 Å². The van der Waals surface area contributed by atoms with Gasteiger partial charge >= 0.3 is 0 Å². The average molecular weight is 284 g/mol. The van der Waals surface area contributed by atoms with Crippen LogP contribution in [-0.4, -0.2) is 19.7 Å². The van der Waals surface area contributed by atoms with Gasteiger partial charge in [-0.15, -0.1) is 12.4 Å². The van der Waals surface area contributed by atoms with E-state index in [-0.39, 0.29) is 12.4 Å². The lowest BCUT2D eigenvalue weighted by Gasteiger charge is -2.22. The molecule has 1 saturated heterocycles. The molecule has 1 aliphatic heterocycles. The number of hydrogen-bond acceptors (Lipinski definition) is 2. The molecule has 0 spiro atoms. The van der Waals surface area contributed by atoms with Crippen LogP contribution >= 0.6 is 12.4 Å². The number of para-hydroxylation sites is 1. The van der Waals surface area contributed by atoms with Crippen LogP contribution in [-0.2, 0) is 6.42 Å². The summed E-state index contributed by atoms with van der Waals surface area (Å²) in [7, 11) is 0. The fraction of sp³-hybridized carbons (Fsp3) is 0.625. The summed E-state index contributed by atoms with van der Waals surface area (Å²) in [6, 6.07) is 8.46. The molecule has 0 bridgehead atoms. The van der Waals surface area contributed by atoms with Gasteiger partial charge < -0.3 is 10.1 Å². The number of nitrogens with one attached hydrogen (secondary N) is 1. The summed E-state index contributed by atoms with van der Waals surface area (Å²) in [5.41, 5.74) is 1.35. The summed E-state index contributed by atoms with van der Waals surface area (Å²) < 4.78 is 5.97. The molecule has 0 unspecified atom stereocenters. The SMILES string of the molecule is CCCc1ccccc1OCCC1CCNCC1.Cl. The highest BCUT2D eigenvalue weighted by Gasteiger charge is 2.13. The largest absolute Gasteiger partial charge is 0.493 e. The van der Waals surface area contributed by atoms with Gasteiger partial charge in [-0.05, 0) is 56.3 Å². The van der Waals surface area contributed by atoms with Crippen LogP contribution in [0.5, 0.6) is 5.75 Å². The second kappa shape index (κ2) is 9.22. The molecule has 0 amide bonds. The fourth-order valence-corrected chi connectivity index (χ4v) is 2.63. The van der Waals surface area contributed by atoms with Gasteiger partial charge in [-0.1, -0.05) is 31.5 Å². The Labute approximate surface area is 123 Å². The van der Waals surface area contributed by atoms with Crippen molar-refractivity contribution in [2.24, 2.45) is 5.92 Å². The summed E-state index contributed by atoms with van der Waals surface area (Å²) in [6.45, 7) is 5.44. The monoisotopic (exact) mass is 283 g/mol. The second-order valence-corrected chi connectivity index (χ2v) is 5.19. The molecule has 0 aliphatic carbocycles. The number of hydrogen-bond donors (Lipinski definition) is 1. The van der Waals surface area contributed by atoms with Crippen molar-refractivity contribution in [1.82, 2.24) is 5.32 Å². The number of halogens is 1. The van der Waals surface area contributed by atoms with Crippen LogP contribution in [0, 0.1) is 5.92 Å². The molecule has 1 aliphatic rings. The van der Waals surface area contributed by atoms with Crippen molar-refractivity contribution in [2.75, 3.05) is 19.7 Å². The van der Waals surface area contributed by atoms with Crippen LogP contribution in [0.4, 0.5) is 0 Å². The van der Waals surface area contributed by atoms with Crippen molar-refractivity contribution in [2.45, 2.75) is 39.0 Å². The van der Waals surface area contributed by atoms with Gasteiger partial charge in [-0.25, -0.2) is 0 Å². The fourth-order valence-electron chi connectivity index (χ4n) is 2.63. The Kier molecular flexibility index (Phi) is 7.92. The van der Waals surface area contributed by atoms with Gasteiger partial charge in [0.05, 0.1) is 6.61 Å². The van der Waals surface area contributed by atoms with Crippen molar-refractivity contribution >= 4 is 12.4 Å². The molecular weight excluding hydrogens is 258 g/mol. The summed E-state index contributed by atoms with van der Waals surface area (Å²) in [5.74, 6) is 1.94. The van der Waals surface area contributed by atoms with E-state index in [1.807, 2.05) is 0 Å². The van der Waals surface area contributed by atoms with E-state index in [4.69, 9.17) is 4.74 Å². The first-order chi connectivity index (χ1) is 8.90. The molecular formula is C16H26ClNO. The Morgan fingerprint density at radius 2 is 1.95 bits per heavy atom. The minimum absolute atomic E-state index is 0. The first-order valence-electron chi connectivity index (χ1n) is 7.31. The molecule has 1 fully saturated rings. The van der Waals surface area contributed by atoms with E-state index in [1.54, 1.807) is 0 Å². The molecule has 2 nitrogen and oxygen atoms in total. The Morgan fingerprint density at radius 1 is 1.21 bits per heavy atom. The summed E-state index contributed by atoms with van der Waals surface area (Å²) in [4.78, 5) is 0. The van der Waals surface area contributed by atoms with Crippen LogP contribution in [0.25, 0.3) is 0 Å². The Balaban J connectivity index is 0.00000180. The van der Waals surface area contributed by atoms with Gasteiger partial charge in [-0.3, -0.25) is 0 Å². The molecule has 108 valence electrons. The highest BCUT2D eigenvalue weighted by atomic mass is 35.5. The van der Waals surface area contributed by atoms with Gasteiger partial charge in [0.2, 0.25) is 0 Å². The minimum Gasteiger partial charge on any atom is -0.493 e. The number of benzene rings is 1. The Morgan fingerprint density at radius 3 is 2.68 bits per heavy atom. The quantitative estimate of drug-likeness (QED) is 0.857. The van der Waals surface area contributed by atoms with Gasteiger partial charge in [0.25, 0.3) is 0 Å². The van der Waals surface area contributed by atoms with Crippen molar-refractivity contribution in [3.63, 3.8) is 0 Å². The van der Waals surface area contributed by atoms with Crippen LogP contribution in [0.3, 0.4) is 0 Å². The predicted molar refractivity (Wildman–Crippen MR) is 83.4 cm³/mol. The third-order valence-electron chi connectivity index (χ3n) is 3.73. The van der Waals surface area contributed by atoms with Crippen LogP contribution in [0.1, 0.15) is 38.2 Å². The van der Waals surface area contributed by atoms with Gasteiger partial charge in [0.1, 0.15) is 5.75 Å². The predicted octanol–water partition coefficient (Wildman–Crippen LogP) is 3.83. The van der Waals surface area contributed by atoms with E-state index in [2.05, 4.69) is 36.5 Å². The van der Waals surface area contributed by atoms with Gasteiger partial charge in [0, 0.05) is 0 Å². The smallest absolute Gasteiger partial charge is 0.122 e. The number of piperidine rings is 1. The molecule has 3 heteroatoms. The lowest BCUT2D eigenvalue weighted by molar-refractivity contribution is 0.250. The summed E-state index contributed by atoms with van der Waals surface area (Å²) in [5, 5.41) is 3.41. The Hall–Kier alpha value is -0.730. The van der Waals surface area contributed by atoms with Gasteiger partial charge in [0.15, 0.2) is 0 Å². The van der Waals surface area contributed by atoms with E-state index < -0.39 is 0 Å².